The Morgan fingerprint density at radius 3 is 2.62 bits per heavy atom. The van der Waals surface area contributed by atoms with Crippen molar-refractivity contribution < 1.29 is 14.3 Å². The van der Waals surface area contributed by atoms with E-state index in [2.05, 4.69) is 15.3 Å². The normalized spacial score (nSPS) is 10.9. The van der Waals surface area contributed by atoms with Crippen molar-refractivity contribution in [2.45, 2.75) is 6.92 Å². The second kappa shape index (κ2) is 7.90. The number of thiophene rings is 1. The van der Waals surface area contributed by atoms with E-state index in [9.17, 15) is 9.59 Å². The fourth-order valence-corrected chi connectivity index (χ4v) is 4.72. The number of nitrogens with zero attached hydrogens (tertiary/aromatic N) is 2. The van der Waals surface area contributed by atoms with Gasteiger partial charge < -0.3 is 4.74 Å². The van der Waals surface area contributed by atoms with E-state index in [0.29, 0.717) is 36.8 Å². The van der Waals surface area contributed by atoms with Gasteiger partial charge in [0.1, 0.15) is 4.88 Å². The van der Waals surface area contributed by atoms with Crippen LogP contribution in [0.2, 0.25) is 4.34 Å². The molecule has 0 fully saturated rings. The number of nitrogens with one attached hydrogen (secondary N) is 1. The maximum absolute atomic E-state index is 13.1. The minimum atomic E-state index is -0.480. The second-order valence-corrected chi connectivity index (χ2v) is 8.77. The van der Waals surface area contributed by atoms with Crippen LogP contribution in [-0.2, 0) is 4.74 Å². The second-order valence-electron chi connectivity index (χ2n) is 6.06. The molecule has 4 aromatic rings. The number of halogens is 1. The Hall–Kier alpha value is -2.81. The van der Waals surface area contributed by atoms with Crippen molar-refractivity contribution in [1.82, 2.24) is 9.97 Å². The third kappa shape index (κ3) is 3.87. The summed E-state index contributed by atoms with van der Waals surface area (Å²) in [5.74, 6) is -0.815. The molecule has 4 rings (SSSR count). The molecule has 0 aliphatic rings. The lowest BCUT2D eigenvalue weighted by molar-refractivity contribution is 0.0605. The molecule has 0 bridgehead atoms. The van der Waals surface area contributed by atoms with Crippen molar-refractivity contribution in [3.05, 3.63) is 62.9 Å². The smallest absolute Gasteiger partial charge is 0.350 e. The maximum Gasteiger partial charge on any atom is 0.350 e. The van der Waals surface area contributed by atoms with E-state index in [1.165, 1.54) is 18.4 Å². The van der Waals surface area contributed by atoms with E-state index in [4.69, 9.17) is 16.3 Å². The highest BCUT2D eigenvalue weighted by Gasteiger charge is 2.19. The van der Waals surface area contributed by atoms with Crippen LogP contribution in [0.3, 0.4) is 0 Å². The highest BCUT2D eigenvalue weighted by atomic mass is 35.5. The molecule has 0 radical (unpaired) electrons. The van der Waals surface area contributed by atoms with E-state index in [-0.39, 0.29) is 5.91 Å². The van der Waals surface area contributed by atoms with Crippen LogP contribution in [0.15, 0.2) is 42.5 Å². The van der Waals surface area contributed by atoms with Crippen molar-refractivity contribution in [1.29, 1.82) is 0 Å². The van der Waals surface area contributed by atoms with Crippen LogP contribution in [0.1, 0.15) is 25.7 Å². The minimum absolute atomic E-state index is 0.328. The number of fused-ring (bicyclic) bond motifs is 1. The molecular formula is C20H14ClN3O3S2. The number of amides is 1. The monoisotopic (exact) mass is 443 g/mol. The van der Waals surface area contributed by atoms with Gasteiger partial charge in [0.05, 0.1) is 38.8 Å². The Morgan fingerprint density at radius 1 is 1.10 bits per heavy atom. The first-order chi connectivity index (χ1) is 14.0. The molecule has 1 amide bonds. The van der Waals surface area contributed by atoms with Crippen LogP contribution in [0.5, 0.6) is 0 Å². The van der Waals surface area contributed by atoms with Gasteiger partial charge in [-0.1, -0.05) is 41.1 Å². The van der Waals surface area contributed by atoms with Crippen LogP contribution in [0.25, 0.3) is 21.5 Å². The molecule has 29 heavy (non-hydrogen) atoms. The maximum atomic E-state index is 13.1. The number of rotatable bonds is 4. The standard InChI is InChI=1S/C20H14ClN3O3S2/c1-10-17(19(26)27-2)29-20(22-10)24-18(25)12-9-14(15-7-8-16(21)28-15)23-13-6-4-3-5-11(12)13/h3-9H,1-2H3,(H,22,24,25). The molecule has 6 nitrogen and oxygen atoms in total. The fourth-order valence-electron chi connectivity index (χ4n) is 2.84. The molecule has 1 N–H and O–H groups in total. The quantitative estimate of drug-likeness (QED) is 0.426. The summed E-state index contributed by atoms with van der Waals surface area (Å²) in [5.41, 5.74) is 2.33. The molecular weight excluding hydrogens is 430 g/mol. The van der Waals surface area contributed by atoms with Crippen LogP contribution in [-0.4, -0.2) is 29.0 Å². The van der Waals surface area contributed by atoms with Crippen LogP contribution in [0, 0.1) is 6.92 Å². The summed E-state index contributed by atoms with van der Waals surface area (Å²) in [6, 6.07) is 12.8. The summed E-state index contributed by atoms with van der Waals surface area (Å²) >= 11 is 8.53. The topological polar surface area (TPSA) is 81.2 Å². The number of methoxy groups -OCH3 is 1. The first-order valence-corrected chi connectivity index (χ1v) is 10.5. The van der Waals surface area contributed by atoms with Crippen LogP contribution >= 0.6 is 34.3 Å². The summed E-state index contributed by atoms with van der Waals surface area (Å²) in [7, 11) is 1.31. The number of esters is 1. The van der Waals surface area contributed by atoms with Crippen LogP contribution < -0.4 is 5.32 Å². The molecule has 0 aliphatic heterocycles. The fraction of sp³-hybridized carbons (Fsp3) is 0.100. The third-order valence-corrected chi connectivity index (χ3v) is 6.48. The lowest BCUT2D eigenvalue weighted by Crippen LogP contribution is -2.13. The number of hydrogen-bond donors (Lipinski definition) is 1. The number of thiazole rings is 1. The zero-order valence-electron chi connectivity index (χ0n) is 15.4. The van der Waals surface area contributed by atoms with Gasteiger partial charge in [-0.25, -0.2) is 14.8 Å². The van der Waals surface area contributed by atoms with E-state index < -0.39 is 5.97 Å². The predicted octanol–water partition coefficient (Wildman–Crippen LogP) is 5.42. The van der Waals surface area contributed by atoms with Gasteiger partial charge in [-0.3, -0.25) is 10.1 Å². The van der Waals surface area contributed by atoms with Gasteiger partial charge in [0.2, 0.25) is 0 Å². The molecule has 0 atom stereocenters. The molecule has 3 aromatic heterocycles. The molecule has 9 heteroatoms. The Balaban J connectivity index is 1.74. The van der Waals surface area contributed by atoms with Crippen LogP contribution in [0.4, 0.5) is 5.13 Å². The number of pyridine rings is 1. The molecule has 1 aromatic carbocycles. The number of aromatic nitrogens is 2. The zero-order chi connectivity index (χ0) is 20.5. The average molecular weight is 444 g/mol. The molecule has 0 unspecified atom stereocenters. The largest absolute Gasteiger partial charge is 0.465 e. The summed E-state index contributed by atoms with van der Waals surface area (Å²) in [4.78, 5) is 35.0. The van der Waals surface area contributed by atoms with Gasteiger partial charge in [-0.2, -0.15) is 0 Å². The van der Waals surface area contributed by atoms with Gasteiger partial charge in [0, 0.05) is 5.39 Å². The van der Waals surface area contributed by atoms with E-state index >= 15 is 0 Å². The first-order valence-electron chi connectivity index (χ1n) is 8.49. The Morgan fingerprint density at radius 2 is 1.90 bits per heavy atom. The number of carbonyl (C=O) groups is 2. The van der Waals surface area contributed by atoms with Crippen molar-refractivity contribution >= 4 is 62.2 Å². The highest BCUT2D eigenvalue weighted by Crippen LogP contribution is 2.33. The van der Waals surface area contributed by atoms with Crippen molar-refractivity contribution in [3.8, 4) is 10.6 Å². The number of ether oxygens (including phenoxy) is 1. The summed E-state index contributed by atoms with van der Waals surface area (Å²) in [6.07, 6.45) is 0. The van der Waals surface area contributed by atoms with Gasteiger partial charge in [-0.05, 0) is 31.2 Å². The van der Waals surface area contributed by atoms with E-state index in [0.717, 1.165) is 21.6 Å². The number of anilines is 1. The Labute approximate surface area is 179 Å². The molecule has 0 saturated heterocycles. The van der Waals surface area contributed by atoms with Gasteiger partial charge >= 0.3 is 5.97 Å². The highest BCUT2D eigenvalue weighted by molar-refractivity contribution is 7.19. The van der Waals surface area contributed by atoms with E-state index in [1.54, 1.807) is 19.1 Å². The Kier molecular flexibility index (Phi) is 5.31. The Bertz CT molecular complexity index is 1250. The number of carbonyl (C=O) groups excluding carboxylic acids is 2. The lowest BCUT2D eigenvalue weighted by Gasteiger charge is -2.08. The summed E-state index contributed by atoms with van der Waals surface area (Å²) in [5, 5.41) is 3.83. The third-order valence-electron chi connectivity index (χ3n) is 4.17. The zero-order valence-corrected chi connectivity index (χ0v) is 17.7. The molecule has 0 saturated carbocycles. The number of hydrogen-bond acceptors (Lipinski definition) is 7. The summed E-state index contributed by atoms with van der Waals surface area (Å²) < 4.78 is 5.39. The van der Waals surface area contributed by atoms with E-state index in [1.807, 2.05) is 30.3 Å². The number of para-hydroxylation sites is 1. The number of aryl methyl sites for hydroxylation is 1. The average Bonchev–Trinajstić information content (AvgIpc) is 3.31. The van der Waals surface area contributed by atoms with Gasteiger partial charge in [-0.15, -0.1) is 11.3 Å². The van der Waals surface area contributed by atoms with Gasteiger partial charge in [0.15, 0.2) is 5.13 Å². The number of benzene rings is 1. The van der Waals surface area contributed by atoms with Crippen molar-refractivity contribution in [2.24, 2.45) is 0 Å². The molecule has 0 aliphatic carbocycles. The lowest BCUT2D eigenvalue weighted by atomic mass is 10.1. The summed E-state index contributed by atoms with van der Waals surface area (Å²) in [6.45, 7) is 1.69. The first kappa shape index (κ1) is 19.5. The van der Waals surface area contributed by atoms with Crippen molar-refractivity contribution in [3.63, 3.8) is 0 Å². The minimum Gasteiger partial charge on any atom is -0.465 e. The SMILES string of the molecule is COC(=O)c1sc(NC(=O)c2cc(-c3ccc(Cl)s3)nc3ccccc23)nc1C. The molecule has 3 heterocycles. The predicted molar refractivity (Wildman–Crippen MR) is 116 cm³/mol. The molecule has 146 valence electrons. The van der Waals surface area contributed by atoms with Crippen molar-refractivity contribution in [2.75, 3.05) is 12.4 Å². The van der Waals surface area contributed by atoms with Gasteiger partial charge in [0.25, 0.3) is 5.91 Å². The molecule has 0 spiro atoms.